The fraction of sp³-hybridized carbons (Fsp3) is 0.462. The zero-order chi connectivity index (χ0) is 15.0. The maximum absolute atomic E-state index is 11.8. The Labute approximate surface area is 123 Å². The quantitative estimate of drug-likeness (QED) is 0.902. The monoisotopic (exact) mass is 307 g/mol. The molecule has 8 heteroatoms. The van der Waals surface area contributed by atoms with Crippen LogP contribution in [0.5, 0.6) is 0 Å². The van der Waals surface area contributed by atoms with Gasteiger partial charge in [0, 0.05) is 24.9 Å². The Morgan fingerprint density at radius 3 is 3.00 bits per heavy atom. The SMILES string of the molecule is Cc1nc2n(n1)CC(Nc1ncccc1S(C)(=O)=O)CC2. The van der Waals surface area contributed by atoms with Gasteiger partial charge in [-0.1, -0.05) is 0 Å². The van der Waals surface area contributed by atoms with Crippen LogP contribution < -0.4 is 5.32 Å². The molecule has 0 radical (unpaired) electrons. The van der Waals surface area contributed by atoms with E-state index < -0.39 is 9.84 Å². The van der Waals surface area contributed by atoms with E-state index >= 15 is 0 Å². The average Bonchev–Trinajstić information content (AvgIpc) is 2.77. The van der Waals surface area contributed by atoms with Crippen LogP contribution in [0.25, 0.3) is 0 Å². The fourth-order valence-corrected chi connectivity index (χ4v) is 3.33. The number of rotatable bonds is 3. The summed E-state index contributed by atoms with van der Waals surface area (Å²) in [4.78, 5) is 8.75. The van der Waals surface area contributed by atoms with Gasteiger partial charge >= 0.3 is 0 Å². The molecule has 0 bridgehead atoms. The first-order valence-electron chi connectivity index (χ1n) is 6.75. The van der Waals surface area contributed by atoms with Crippen LogP contribution in [0.3, 0.4) is 0 Å². The summed E-state index contributed by atoms with van der Waals surface area (Å²) in [5.74, 6) is 2.15. The molecule has 0 amide bonds. The Morgan fingerprint density at radius 1 is 1.43 bits per heavy atom. The molecule has 1 N–H and O–H groups in total. The molecule has 21 heavy (non-hydrogen) atoms. The highest BCUT2D eigenvalue weighted by atomic mass is 32.2. The number of fused-ring (bicyclic) bond motifs is 1. The lowest BCUT2D eigenvalue weighted by molar-refractivity contribution is 0.439. The van der Waals surface area contributed by atoms with Crippen LogP contribution >= 0.6 is 0 Å². The van der Waals surface area contributed by atoms with Gasteiger partial charge in [0.15, 0.2) is 9.84 Å². The maximum atomic E-state index is 11.8. The number of aromatic nitrogens is 4. The van der Waals surface area contributed by atoms with Crippen LogP contribution in [0.1, 0.15) is 18.1 Å². The second-order valence-corrected chi connectivity index (χ2v) is 7.24. The van der Waals surface area contributed by atoms with Gasteiger partial charge in [-0.25, -0.2) is 23.1 Å². The molecular formula is C13H17N5O2S. The van der Waals surface area contributed by atoms with Crippen molar-refractivity contribution in [2.75, 3.05) is 11.6 Å². The van der Waals surface area contributed by atoms with Gasteiger partial charge in [0.2, 0.25) is 0 Å². The molecule has 7 nitrogen and oxygen atoms in total. The summed E-state index contributed by atoms with van der Waals surface area (Å²) < 4.78 is 25.5. The van der Waals surface area contributed by atoms with E-state index in [1.165, 1.54) is 6.26 Å². The van der Waals surface area contributed by atoms with Crippen LogP contribution in [-0.2, 0) is 22.8 Å². The molecule has 1 unspecified atom stereocenters. The summed E-state index contributed by atoms with van der Waals surface area (Å²) in [5.41, 5.74) is 0. The summed E-state index contributed by atoms with van der Waals surface area (Å²) in [5, 5.41) is 7.57. The standard InChI is InChI=1S/C13H17N5O2S/c1-9-15-12-6-5-10(8-18(12)17-9)16-13-11(21(2,19)20)4-3-7-14-13/h3-4,7,10H,5-6,8H2,1-2H3,(H,14,16). The van der Waals surface area contributed by atoms with E-state index in [-0.39, 0.29) is 10.9 Å². The molecular weight excluding hydrogens is 290 g/mol. The van der Waals surface area contributed by atoms with Crippen LogP contribution in [0, 0.1) is 6.92 Å². The van der Waals surface area contributed by atoms with Gasteiger partial charge in [-0.15, -0.1) is 0 Å². The van der Waals surface area contributed by atoms with E-state index in [0.29, 0.717) is 12.4 Å². The second-order valence-electron chi connectivity index (χ2n) is 5.26. The van der Waals surface area contributed by atoms with Crippen molar-refractivity contribution in [2.24, 2.45) is 0 Å². The van der Waals surface area contributed by atoms with Crippen LogP contribution in [-0.4, -0.2) is 40.5 Å². The first-order chi connectivity index (χ1) is 9.93. The van der Waals surface area contributed by atoms with Crippen molar-refractivity contribution in [2.45, 2.75) is 37.2 Å². The highest BCUT2D eigenvalue weighted by Gasteiger charge is 2.23. The first kappa shape index (κ1) is 14.0. The van der Waals surface area contributed by atoms with E-state index in [0.717, 1.165) is 24.5 Å². The van der Waals surface area contributed by atoms with Crippen molar-refractivity contribution < 1.29 is 8.42 Å². The fourth-order valence-electron chi connectivity index (χ4n) is 2.54. The Kier molecular flexibility index (Phi) is 3.40. The van der Waals surface area contributed by atoms with E-state index in [4.69, 9.17) is 0 Å². The van der Waals surface area contributed by atoms with Crippen LogP contribution in [0.2, 0.25) is 0 Å². The van der Waals surface area contributed by atoms with E-state index in [9.17, 15) is 8.42 Å². The lowest BCUT2D eigenvalue weighted by Crippen LogP contribution is -2.32. The molecule has 1 aliphatic heterocycles. The Bertz CT molecular complexity index is 769. The van der Waals surface area contributed by atoms with Gasteiger partial charge in [-0.05, 0) is 25.5 Å². The van der Waals surface area contributed by atoms with Crippen molar-refractivity contribution >= 4 is 15.7 Å². The molecule has 0 aromatic carbocycles. The Balaban J connectivity index is 1.83. The number of anilines is 1. The first-order valence-corrected chi connectivity index (χ1v) is 8.64. The third-order valence-electron chi connectivity index (χ3n) is 3.47. The lowest BCUT2D eigenvalue weighted by Gasteiger charge is -2.24. The molecule has 3 heterocycles. The summed E-state index contributed by atoms with van der Waals surface area (Å²) in [6.45, 7) is 2.53. The number of pyridine rings is 1. The predicted molar refractivity (Wildman–Crippen MR) is 77.8 cm³/mol. The van der Waals surface area contributed by atoms with E-state index in [1.54, 1.807) is 18.3 Å². The van der Waals surface area contributed by atoms with Crippen molar-refractivity contribution in [1.82, 2.24) is 19.7 Å². The highest BCUT2D eigenvalue weighted by Crippen LogP contribution is 2.22. The summed E-state index contributed by atoms with van der Waals surface area (Å²) >= 11 is 0. The number of nitrogens with one attached hydrogen (secondary N) is 1. The molecule has 1 aliphatic rings. The van der Waals surface area contributed by atoms with Crippen molar-refractivity contribution in [3.05, 3.63) is 30.0 Å². The molecule has 0 saturated heterocycles. The van der Waals surface area contributed by atoms with Crippen molar-refractivity contribution in [3.63, 3.8) is 0 Å². The lowest BCUT2D eigenvalue weighted by atomic mass is 10.1. The van der Waals surface area contributed by atoms with Crippen molar-refractivity contribution in [1.29, 1.82) is 0 Å². The van der Waals surface area contributed by atoms with Gasteiger partial charge in [0.25, 0.3) is 0 Å². The largest absolute Gasteiger partial charge is 0.364 e. The molecule has 112 valence electrons. The van der Waals surface area contributed by atoms with Gasteiger partial charge < -0.3 is 5.32 Å². The van der Waals surface area contributed by atoms with Crippen LogP contribution in [0.4, 0.5) is 5.82 Å². The smallest absolute Gasteiger partial charge is 0.179 e. The molecule has 1 atom stereocenters. The summed E-state index contributed by atoms with van der Waals surface area (Å²) in [6, 6.07) is 3.29. The number of hydrogen-bond acceptors (Lipinski definition) is 6. The number of aryl methyl sites for hydroxylation is 2. The average molecular weight is 307 g/mol. The maximum Gasteiger partial charge on any atom is 0.179 e. The number of sulfone groups is 1. The van der Waals surface area contributed by atoms with Gasteiger partial charge in [0.05, 0.1) is 6.54 Å². The Morgan fingerprint density at radius 2 is 2.24 bits per heavy atom. The normalized spacial score (nSPS) is 18.3. The Hall–Kier alpha value is -1.96. The zero-order valence-electron chi connectivity index (χ0n) is 11.9. The molecule has 0 saturated carbocycles. The topological polar surface area (TPSA) is 89.8 Å². The molecule has 0 fully saturated rings. The number of hydrogen-bond donors (Lipinski definition) is 1. The second kappa shape index (κ2) is 5.10. The molecule has 3 rings (SSSR count). The van der Waals surface area contributed by atoms with Gasteiger partial charge in [0.1, 0.15) is 22.4 Å². The van der Waals surface area contributed by atoms with Gasteiger partial charge in [-0.2, -0.15) is 5.10 Å². The highest BCUT2D eigenvalue weighted by molar-refractivity contribution is 7.90. The minimum Gasteiger partial charge on any atom is -0.364 e. The predicted octanol–water partition coefficient (Wildman–Crippen LogP) is 0.812. The van der Waals surface area contributed by atoms with E-state index in [1.807, 2.05) is 11.6 Å². The van der Waals surface area contributed by atoms with Gasteiger partial charge in [-0.3, -0.25) is 0 Å². The van der Waals surface area contributed by atoms with E-state index in [2.05, 4.69) is 20.4 Å². The molecule has 0 spiro atoms. The number of nitrogens with zero attached hydrogens (tertiary/aromatic N) is 4. The van der Waals surface area contributed by atoms with Crippen molar-refractivity contribution in [3.8, 4) is 0 Å². The summed E-state index contributed by atoms with van der Waals surface area (Å²) in [7, 11) is -3.30. The minimum absolute atomic E-state index is 0.0917. The minimum atomic E-state index is -3.30. The third-order valence-corrected chi connectivity index (χ3v) is 4.60. The summed E-state index contributed by atoms with van der Waals surface area (Å²) in [6.07, 6.45) is 4.47. The van der Waals surface area contributed by atoms with Crippen LogP contribution in [0.15, 0.2) is 23.2 Å². The molecule has 2 aromatic heterocycles. The third kappa shape index (κ3) is 2.90. The zero-order valence-corrected chi connectivity index (χ0v) is 12.8. The molecule has 2 aromatic rings. The molecule has 0 aliphatic carbocycles.